The molecule has 0 aromatic heterocycles. The molecule has 0 bridgehead atoms. The average molecular weight is 372 g/mol. The van der Waals surface area contributed by atoms with Gasteiger partial charge in [0, 0.05) is 6.08 Å². The van der Waals surface area contributed by atoms with Gasteiger partial charge in [0.1, 0.15) is 13.2 Å². The number of carbonyl (C=O) groups excluding carboxylic acids is 1. The van der Waals surface area contributed by atoms with Crippen molar-refractivity contribution in [1.82, 2.24) is 0 Å². The van der Waals surface area contributed by atoms with Crippen molar-refractivity contribution in [3.05, 3.63) is 72.1 Å². The maximum absolute atomic E-state index is 13.6. The van der Waals surface area contributed by atoms with Crippen LogP contribution in [-0.4, -0.2) is 26.8 Å². The molecule has 0 amide bonds. The summed E-state index contributed by atoms with van der Waals surface area (Å²) in [4.78, 5) is 11.9. The third-order valence-corrected chi connectivity index (χ3v) is 3.55. The summed E-state index contributed by atoms with van der Waals surface area (Å²) < 4.78 is 34.3. The Hall–Kier alpha value is -3.28. The van der Waals surface area contributed by atoms with Crippen molar-refractivity contribution in [2.45, 2.75) is 6.61 Å². The van der Waals surface area contributed by atoms with E-state index in [1.54, 1.807) is 36.4 Å². The predicted molar refractivity (Wildman–Crippen MR) is 100 cm³/mol. The second-order valence-electron chi connectivity index (χ2n) is 5.42. The molecular formula is C21H21FO5. The molecule has 0 unspecified atom stereocenters. The van der Waals surface area contributed by atoms with Crippen LogP contribution in [-0.2, 0) is 16.1 Å². The fourth-order valence-corrected chi connectivity index (χ4v) is 2.22. The van der Waals surface area contributed by atoms with Crippen LogP contribution in [0.3, 0.4) is 0 Å². The first-order chi connectivity index (χ1) is 13.1. The van der Waals surface area contributed by atoms with Crippen LogP contribution >= 0.6 is 0 Å². The molecule has 0 aliphatic rings. The Morgan fingerprint density at radius 3 is 2.48 bits per heavy atom. The molecule has 2 rings (SSSR count). The largest absolute Gasteiger partial charge is 0.494 e. The summed E-state index contributed by atoms with van der Waals surface area (Å²) in [5, 5.41) is 0. The fourth-order valence-electron chi connectivity index (χ4n) is 2.22. The zero-order valence-corrected chi connectivity index (χ0v) is 15.2. The Kier molecular flexibility index (Phi) is 7.43. The van der Waals surface area contributed by atoms with E-state index in [2.05, 4.69) is 6.58 Å². The summed E-state index contributed by atoms with van der Waals surface area (Å²) in [5.74, 6) is 0.212. The van der Waals surface area contributed by atoms with Crippen LogP contribution in [0.25, 0.3) is 6.08 Å². The van der Waals surface area contributed by atoms with Gasteiger partial charge < -0.3 is 18.9 Å². The molecule has 2 aromatic rings. The number of methoxy groups -OCH3 is 2. The molecule has 0 radical (unpaired) electrons. The van der Waals surface area contributed by atoms with Crippen LogP contribution in [0.1, 0.15) is 11.1 Å². The van der Waals surface area contributed by atoms with Gasteiger partial charge in [-0.3, -0.25) is 0 Å². The van der Waals surface area contributed by atoms with E-state index in [0.29, 0.717) is 23.7 Å². The molecule has 0 spiro atoms. The number of benzene rings is 2. The van der Waals surface area contributed by atoms with Crippen molar-refractivity contribution in [3.8, 4) is 17.2 Å². The minimum absolute atomic E-state index is 0.0399. The molecule has 0 atom stereocenters. The molecule has 0 aliphatic carbocycles. The Balaban J connectivity index is 1.95. The number of esters is 1. The van der Waals surface area contributed by atoms with Gasteiger partial charge in [-0.25, -0.2) is 9.18 Å². The monoisotopic (exact) mass is 372 g/mol. The Bertz CT molecular complexity index is 829. The third-order valence-electron chi connectivity index (χ3n) is 3.55. The lowest BCUT2D eigenvalue weighted by Crippen LogP contribution is -2.01. The molecule has 6 heteroatoms. The summed E-state index contributed by atoms with van der Waals surface area (Å²) in [7, 11) is 2.92. The van der Waals surface area contributed by atoms with E-state index in [1.165, 1.54) is 32.4 Å². The van der Waals surface area contributed by atoms with E-state index >= 15 is 0 Å². The van der Waals surface area contributed by atoms with Gasteiger partial charge in [0.25, 0.3) is 0 Å². The topological polar surface area (TPSA) is 54.0 Å². The molecule has 0 heterocycles. The summed E-state index contributed by atoms with van der Waals surface area (Å²) in [5.41, 5.74) is 1.27. The first-order valence-electron chi connectivity index (χ1n) is 8.16. The van der Waals surface area contributed by atoms with Gasteiger partial charge in [0.15, 0.2) is 23.1 Å². The Morgan fingerprint density at radius 2 is 1.81 bits per heavy atom. The normalized spacial score (nSPS) is 10.5. The molecule has 5 nitrogen and oxygen atoms in total. The van der Waals surface area contributed by atoms with Gasteiger partial charge in [-0.1, -0.05) is 24.8 Å². The van der Waals surface area contributed by atoms with Gasteiger partial charge >= 0.3 is 5.97 Å². The summed E-state index contributed by atoms with van der Waals surface area (Å²) >= 11 is 0. The van der Waals surface area contributed by atoms with Gasteiger partial charge in [-0.15, -0.1) is 0 Å². The maximum atomic E-state index is 13.6. The number of halogens is 1. The third kappa shape index (κ3) is 5.88. The SMILES string of the molecule is C=CCOc1ccc(/C=C/C(=O)OCc2ccc(OC)c(F)c2)cc1OC. The number of hydrogen-bond donors (Lipinski definition) is 0. The molecular weight excluding hydrogens is 351 g/mol. The minimum atomic E-state index is -0.544. The van der Waals surface area contributed by atoms with E-state index in [0.717, 1.165) is 5.56 Å². The molecule has 0 saturated heterocycles. The first-order valence-corrected chi connectivity index (χ1v) is 8.16. The van der Waals surface area contributed by atoms with Crippen molar-refractivity contribution in [1.29, 1.82) is 0 Å². The van der Waals surface area contributed by atoms with Crippen LogP contribution in [0.15, 0.2) is 55.1 Å². The summed E-state index contributed by atoms with van der Waals surface area (Å²) in [6.07, 6.45) is 4.52. The van der Waals surface area contributed by atoms with Gasteiger partial charge in [-0.2, -0.15) is 0 Å². The van der Waals surface area contributed by atoms with E-state index < -0.39 is 11.8 Å². The molecule has 0 saturated carbocycles. The van der Waals surface area contributed by atoms with Gasteiger partial charge in [0.05, 0.1) is 14.2 Å². The van der Waals surface area contributed by atoms with Crippen molar-refractivity contribution < 1.29 is 28.1 Å². The fraction of sp³-hybridized carbons (Fsp3) is 0.190. The van der Waals surface area contributed by atoms with Crippen LogP contribution in [0.2, 0.25) is 0 Å². The van der Waals surface area contributed by atoms with Crippen molar-refractivity contribution in [3.63, 3.8) is 0 Å². The van der Waals surface area contributed by atoms with Gasteiger partial charge in [0.2, 0.25) is 0 Å². The lowest BCUT2D eigenvalue weighted by atomic mass is 10.2. The van der Waals surface area contributed by atoms with E-state index in [9.17, 15) is 9.18 Å². The number of rotatable bonds is 9. The minimum Gasteiger partial charge on any atom is -0.494 e. The second kappa shape index (κ2) is 10.0. The van der Waals surface area contributed by atoms with Crippen LogP contribution in [0.5, 0.6) is 17.2 Å². The number of hydrogen-bond acceptors (Lipinski definition) is 5. The van der Waals surface area contributed by atoms with Gasteiger partial charge in [-0.05, 0) is 41.5 Å². The summed E-state index contributed by atoms with van der Waals surface area (Å²) in [6, 6.07) is 9.64. The lowest BCUT2D eigenvalue weighted by Gasteiger charge is -2.09. The molecule has 2 aromatic carbocycles. The quantitative estimate of drug-likeness (QED) is 0.376. The van der Waals surface area contributed by atoms with Crippen molar-refractivity contribution in [2.24, 2.45) is 0 Å². The second-order valence-corrected chi connectivity index (χ2v) is 5.42. The Morgan fingerprint density at radius 1 is 1.07 bits per heavy atom. The highest BCUT2D eigenvalue weighted by Crippen LogP contribution is 2.28. The summed E-state index contributed by atoms with van der Waals surface area (Å²) in [6.45, 7) is 3.92. The predicted octanol–water partition coefficient (Wildman–Crippen LogP) is 4.16. The number of carbonyl (C=O) groups is 1. The van der Waals surface area contributed by atoms with Crippen LogP contribution < -0.4 is 14.2 Å². The standard InChI is InChI=1S/C21H21FO5/c1-4-11-26-19-9-5-15(13-20(19)25-3)7-10-21(23)27-14-16-6-8-18(24-2)17(22)12-16/h4-10,12-13H,1,11,14H2,2-3H3/b10-7+. The molecule has 0 fully saturated rings. The van der Waals surface area contributed by atoms with Crippen molar-refractivity contribution in [2.75, 3.05) is 20.8 Å². The maximum Gasteiger partial charge on any atom is 0.331 e. The molecule has 0 N–H and O–H groups in total. The molecule has 0 aliphatic heterocycles. The van der Waals surface area contributed by atoms with E-state index in [1.807, 2.05) is 0 Å². The zero-order valence-electron chi connectivity index (χ0n) is 15.2. The van der Waals surface area contributed by atoms with Crippen molar-refractivity contribution >= 4 is 12.0 Å². The lowest BCUT2D eigenvalue weighted by molar-refractivity contribution is -0.138. The first kappa shape index (κ1) is 20.0. The highest BCUT2D eigenvalue weighted by atomic mass is 19.1. The van der Waals surface area contributed by atoms with Crippen LogP contribution in [0.4, 0.5) is 4.39 Å². The van der Waals surface area contributed by atoms with Crippen LogP contribution in [0, 0.1) is 5.82 Å². The van der Waals surface area contributed by atoms with E-state index in [-0.39, 0.29) is 12.4 Å². The highest BCUT2D eigenvalue weighted by Gasteiger charge is 2.06. The number of ether oxygens (including phenoxy) is 4. The van der Waals surface area contributed by atoms with E-state index in [4.69, 9.17) is 18.9 Å². The Labute approximate surface area is 157 Å². The highest BCUT2D eigenvalue weighted by molar-refractivity contribution is 5.87. The average Bonchev–Trinajstić information content (AvgIpc) is 2.69. The molecule has 142 valence electrons. The zero-order chi connectivity index (χ0) is 19.6. The smallest absolute Gasteiger partial charge is 0.331 e. The molecule has 27 heavy (non-hydrogen) atoms.